The lowest BCUT2D eigenvalue weighted by Crippen LogP contribution is -2.35. The third-order valence-electron chi connectivity index (χ3n) is 5.90. The van der Waals surface area contributed by atoms with Crippen LogP contribution in [0.5, 0.6) is 0 Å². The molecule has 2 aromatic heterocycles. The number of aromatic nitrogens is 2. The Bertz CT molecular complexity index is 1240. The fourth-order valence-corrected chi connectivity index (χ4v) is 4.22. The topological polar surface area (TPSA) is 49.3 Å². The number of carbonyl (C=O) groups is 1. The van der Waals surface area contributed by atoms with Crippen molar-refractivity contribution in [3.63, 3.8) is 0 Å². The number of para-hydroxylation sites is 1. The summed E-state index contributed by atoms with van der Waals surface area (Å²) in [6.45, 7) is 2.82. The van der Waals surface area contributed by atoms with Gasteiger partial charge < -0.3 is 9.80 Å². The van der Waals surface area contributed by atoms with Gasteiger partial charge in [-0.25, -0.2) is 9.37 Å². The number of nitrogens with zero attached hydrogens (tertiary/aromatic N) is 4. The van der Waals surface area contributed by atoms with Gasteiger partial charge in [-0.2, -0.15) is 0 Å². The van der Waals surface area contributed by atoms with Crippen LogP contribution in [0, 0.1) is 5.82 Å². The number of halogens is 1. The highest BCUT2D eigenvalue weighted by molar-refractivity contribution is 6.07. The number of amides is 1. The van der Waals surface area contributed by atoms with Gasteiger partial charge in [0.1, 0.15) is 5.82 Å². The summed E-state index contributed by atoms with van der Waals surface area (Å²) in [6.07, 6.45) is 4.31. The Morgan fingerprint density at radius 1 is 0.875 bits per heavy atom. The number of hydrogen-bond donors (Lipinski definition) is 0. The molecule has 6 heteroatoms. The van der Waals surface area contributed by atoms with E-state index < -0.39 is 0 Å². The van der Waals surface area contributed by atoms with Gasteiger partial charge in [0.2, 0.25) is 0 Å². The molecule has 0 aliphatic carbocycles. The largest absolute Gasteiger partial charge is 0.370 e. The van der Waals surface area contributed by atoms with Crippen molar-refractivity contribution in [3.8, 4) is 11.3 Å². The number of anilines is 1. The van der Waals surface area contributed by atoms with E-state index in [2.05, 4.69) is 9.88 Å². The molecule has 0 spiro atoms. The van der Waals surface area contributed by atoms with Crippen molar-refractivity contribution in [2.24, 2.45) is 0 Å². The Labute approximate surface area is 186 Å². The Morgan fingerprint density at radius 3 is 2.47 bits per heavy atom. The van der Waals surface area contributed by atoms with Gasteiger partial charge in [0.15, 0.2) is 0 Å². The Morgan fingerprint density at radius 2 is 1.66 bits per heavy atom. The molecule has 1 aliphatic heterocycles. The first kappa shape index (κ1) is 20.1. The molecule has 2 aromatic carbocycles. The number of fused-ring (bicyclic) bond motifs is 1. The highest BCUT2D eigenvalue weighted by atomic mass is 19.1. The highest BCUT2D eigenvalue weighted by Gasteiger charge is 2.23. The molecule has 0 atom stereocenters. The second-order valence-corrected chi connectivity index (χ2v) is 7.92. The maximum atomic E-state index is 13.7. The lowest BCUT2D eigenvalue weighted by Gasteiger charge is -2.24. The van der Waals surface area contributed by atoms with Crippen molar-refractivity contribution in [2.75, 3.05) is 31.1 Å². The van der Waals surface area contributed by atoms with Crippen LogP contribution in [0.4, 0.5) is 10.1 Å². The molecule has 5 rings (SSSR count). The SMILES string of the molecule is O=C(c1cc(-c2ccncc2)nc2ccccc12)N1CCCN(c2ccc(F)cc2)CC1. The first-order valence-electron chi connectivity index (χ1n) is 10.8. The fourth-order valence-electron chi connectivity index (χ4n) is 4.22. The van der Waals surface area contributed by atoms with Gasteiger partial charge in [-0.15, -0.1) is 0 Å². The van der Waals surface area contributed by atoms with Gasteiger partial charge >= 0.3 is 0 Å². The molecule has 1 saturated heterocycles. The molecule has 1 amide bonds. The molecule has 0 N–H and O–H groups in total. The van der Waals surface area contributed by atoms with E-state index in [-0.39, 0.29) is 11.7 Å². The van der Waals surface area contributed by atoms with E-state index in [9.17, 15) is 9.18 Å². The zero-order valence-corrected chi connectivity index (χ0v) is 17.6. The van der Waals surface area contributed by atoms with Gasteiger partial charge in [0.25, 0.3) is 5.91 Å². The summed E-state index contributed by atoms with van der Waals surface area (Å²) in [5.41, 5.74) is 4.14. The Balaban J connectivity index is 1.45. The molecule has 3 heterocycles. The van der Waals surface area contributed by atoms with Crippen molar-refractivity contribution in [1.82, 2.24) is 14.9 Å². The van der Waals surface area contributed by atoms with Crippen LogP contribution in [0.15, 0.2) is 79.1 Å². The number of hydrogen-bond acceptors (Lipinski definition) is 4. The first-order valence-corrected chi connectivity index (χ1v) is 10.8. The van der Waals surface area contributed by atoms with Crippen LogP contribution in [-0.4, -0.2) is 47.0 Å². The van der Waals surface area contributed by atoms with E-state index in [1.54, 1.807) is 24.5 Å². The molecule has 160 valence electrons. The lowest BCUT2D eigenvalue weighted by molar-refractivity contribution is 0.0769. The molecule has 0 radical (unpaired) electrons. The second-order valence-electron chi connectivity index (χ2n) is 7.92. The van der Waals surface area contributed by atoms with Crippen molar-refractivity contribution in [2.45, 2.75) is 6.42 Å². The van der Waals surface area contributed by atoms with Crippen LogP contribution in [0.1, 0.15) is 16.8 Å². The summed E-state index contributed by atoms with van der Waals surface area (Å²) in [4.78, 5) is 26.6. The predicted molar refractivity (Wildman–Crippen MR) is 124 cm³/mol. The van der Waals surface area contributed by atoms with E-state index in [0.29, 0.717) is 25.2 Å². The van der Waals surface area contributed by atoms with E-state index in [1.165, 1.54) is 12.1 Å². The number of pyridine rings is 2. The van der Waals surface area contributed by atoms with Crippen molar-refractivity contribution in [1.29, 1.82) is 0 Å². The summed E-state index contributed by atoms with van der Waals surface area (Å²) in [6, 6.07) is 20.0. The molecule has 5 nitrogen and oxygen atoms in total. The molecule has 0 saturated carbocycles. The third kappa shape index (κ3) is 4.04. The van der Waals surface area contributed by atoms with Crippen LogP contribution in [0.25, 0.3) is 22.2 Å². The second kappa shape index (κ2) is 8.75. The molecule has 1 fully saturated rings. The molecule has 0 bridgehead atoms. The summed E-state index contributed by atoms with van der Waals surface area (Å²) in [7, 11) is 0. The smallest absolute Gasteiger partial charge is 0.254 e. The first-order chi connectivity index (χ1) is 15.7. The predicted octanol–water partition coefficient (Wildman–Crippen LogP) is 4.79. The minimum Gasteiger partial charge on any atom is -0.370 e. The van der Waals surface area contributed by atoms with Gasteiger partial charge in [-0.1, -0.05) is 18.2 Å². The van der Waals surface area contributed by atoms with Gasteiger partial charge in [-0.05, 0) is 55.0 Å². The molecular formula is C26H23FN4O. The van der Waals surface area contributed by atoms with E-state index in [4.69, 9.17) is 4.98 Å². The zero-order valence-electron chi connectivity index (χ0n) is 17.6. The quantitative estimate of drug-likeness (QED) is 0.473. The highest BCUT2D eigenvalue weighted by Crippen LogP contribution is 2.26. The maximum Gasteiger partial charge on any atom is 0.254 e. The maximum absolute atomic E-state index is 13.7. The fraction of sp³-hybridized carbons (Fsp3) is 0.192. The molecule has 32 heavy (non-hydrogen) atoms. The zero-order chi connectivity index (χ0) is 21.9. The average Bonchev–Trinajstić information content (AvgIpc) is 3.10. The van der Waals surface area contributed by atoms with Crippen LogP contribution >= 0.6 is 0 Å². The standard InChI is InChI=1S/C26H23FN4O/c27-20-6-8-21(9-7-20)30-14-3-15-31(17-16-30)26(32)23-18-25(19-10-12-28-13-11-19)29-24-5-2-1-4-22(23)24/h1-2,4-13,18H,3,14-17H2. The van der Waals surface area contributed by atoms with Crippen molar-refractivity contribution in [3.05, 3.63) is 90.5 Å². The average molecular weight is 426 g/mol. The van der Waals surface area contributed by atoms with E-state index >= 15 is 0 Å². The van der Waals surface area contributed by atoms with Gasteiger partial charge in [0.05, 0.1) is 16.8 Å². The Hall–Kier alpha value is -3.80. The van der Waals surface area contributed by atoms with Crippen LogP contribution in [0.2, 0.25) is 0 Å². The van der Waals surface area contributed by atoms with Crippen LogP contribution in [-0.2, 0) is 0 Å². The minimum absolute atomic E-state index is 0.0138. The van der Waals surface area contributed by atoms with E-state index in [0.717, 1.165) is 40.8 Å². The number of carbonyl (C=O) groups excluding carboxylic acids is 1. The minimum atomic E-state index is -0.241. The van der Waals surface area contributed by atoms with Crippen LogP contribution < -0.4 is 4.90 Å². The number of rotatable bonds is 3. The molecule has 1 aliphatic rings. The Kier molecular flexibility index (Phi) is 5.50. The lowest BCUT2D eigenvalue weighted by atomic mass is 10.0. The number of benzene rings is 2. The molecular weight excluding hydrogens is 403 g/mol. The van der Waals surface area contributed by atoms with Gasteiger partial charge in [0, 0.05) is 55.2 Å². The summed E-state index contributed by atoms with van der Waals surface area (Å²) >= 11 is 0. The van der Waals surface area contributed by atoms with E-state index in [1.807, 2.05) is 47.4 Å². The normalized spacial score (nSPS) is 14.4. The summed E-state index contributed by atoms with van der Waals surface area (Å²) in [5.74, 6) is -0.227. The van der Waals surface area contributed by atoms with Crippen molar-refractivity contribution < 1.29 is 9.18 Å². The third-order valence-corrected chi connectivity index (χ3v) is 5.90. The molecule has 4 aromatic rings. The van der Waals surface area contributed by atoms with Crippen LogP contribution in [0.3, 0.4) is 0 Å². The van der Waals surface area contributed by atoms with Crippen molar-refractivity contribution >= 4 is 22.5 Å². The summed E-state index contributed by atoms with van der Waals surface area (Å²) in [5, 5.41) is 0.856. The monoisotopic (exact) mass is 426 g/mol. The summed E-state index contributed by atoms with van der Waals surface area (Å²) < 4.78 is 13.3. The molecule has 0 unspecified atom stereocenters. The van der Waals surface area contributed by atoms with Gasteiger partial charge in [-0.3, -0.25) is 9.78 Å².